The standard InChI is InChI=1S/C18H23BrClN3O2/c1-4-11(5-2)25-10-15-18(21)23-16(17(19)22-15)13-8-7-12(24-6-3)9-14(13)20/h7-9,11H,4-6,10H2,1-3H3,(H2,21,23). The van der Waals surface area contributed by atoms with Crippen LogP contribution in [0.1, 0.15) is 39.3 Å². The molecule has 25 heavy (non-hydrogen) atoms. The minimum Gasteiger partial charge on any atom is -0.494 e. The van der Waals surface area contributed by atoms with E-state index < -0.39 is 0 Å². The third-order valence-electron chi connectivity index (χ3n) is 3.83. The average molecular weight is 429 g/mol. The molecule has 0 saturated heterocycles. The van der Waals surface area contributed by atoms with Crippen LogP contribution in [0.4, 0.5) is 5.82 Å². The number of anilines is 1. The highest BCUT2D eigenvalue weighted by atomic mass is 79.9. The molecular formula is C18H23BrClN3O2. The number of hydrogen-bond donors (Lipinski definition) is 1. The molecule has 0 unspecified atom stereocenters. The zero-order valence-corrected chi connectivity index (χ0v) is 17.0. The molecule has 0 aliphatic heterocycles. The third-order valence-corrected chi connectivity index (χ3v) is 4.70. The van der Waals surface area contributed by atoms with Crippen LogP contribution in [0.2, 0.25) is 5.02 Å². The first-order chi connectivity index (χ1) is 12.0. The smallest absolute Gasteiger partial charge is 0.148 e. The summed E-state index contributed by atoms with van der Waals surface area (Å²) in [4.78, 5) is 8.98. The quantitative estimate of drug-likeness (QED) is 0.622. The Morgan fingerprint density at radius 1 is 1.20 bits per heavy atom. The largest absolute Gasteiger partial charge is 0.494 e. The van der Waals surface area contributed by atoms with E-state index in [1.807, 2.05) is 19.1 Å². The summed E-state index contributed by atoms with van der Waals surface area (Å²) < 4.78 is 11.9. The van der Waals surface area contributed by atoms with Gasteiger partial charge in [0, 0.05) is 5.56 Å². The molecule has 0 aliphatic rings. The molecule has 0 radical (unpaired) electrons. The third kappa shape index (κ3) is 5.06. The molecule has 0 atom stereocenters. The number of nitrogens with two attached hydrogens (primary N) is 1. The number of ether oxygens (including phenoxy) is 2. The number of hydrogen-bond acceptors (Lipinski definition) is 5. The lowest BCUT2D eigenvalue weighted by Gasteiger charge is -2.15. The van der Waals surface area contributed by atoms with Crippen molar-refractivity contribution in [3.8, 4) is 17.0 Å². The molecule has 0 amide bonds. The fourth-order valence-electron chi connectivity index (χ4n) is 2.40. The molecule has 0 spiro atoms. The molecule has 0 saturated carbocycles. The Bertz CT molecular complexity index is 724. The van der Waals surface area contributed by atoms with Gasteiger partial charge < -0.3 is 15.2 Å². The van der Waals surface area contributed by atoms with E-state index in [0.717, 1.165) is 18.4 Å². The Morgan fingerprint density at radius 3 is 2.52 bits per heavy atom. The maximum atomic E-state index is 6.37. The van der Waals surface area contributed by atoms with Crippen molar-refractivity contribution >= 4 is 33.3 Å². The summed E-state index contributed by atoms with van der Waals surface area (Å²) in [6, 6.07) is 5.45. The van der Waals surface area contributed by atoms with Crippen molar-refractivity contribution < 1.29 is 9.47 Å². The Balaban J connectivity index is 2.27. The lowest BCUT2D eigenvalue weighted by molar-refractivity contribution is 0.0342. The summed E-state index contributed by atoms with van der Waals surface area (Å²) in [5.74, 6) is 1.05. The van der Waals surface area contributed by atoms with Crippen LogP contribution < -0.4 is 10.5 Å². The van der Waals surface area contributed by atoms with Crippen molar-refractivity contribution in [1.82, 2.24) is 9.97 Å². The molecule has 1 heterocycles. The molecular weight excluding hydrogens is 406 g/mol. The Kier molecular flexibility index (Phi) is 7.47. The van der Waals surface area contributed by atoms with Gasteiger partial charge in [-0.05, 0) is 53.9 Å². The summed E-state index contributed by atoms with van der Waals surface area (Å²) in [5.41, 5.74) is 8.03. The van der Waals surface area contributed by atoms with E-state index in [4.69, 9.17) is 26.8 Å². The van der Waals surface area contributed by atoms with E-state index in [1.54, 1.807) is 6.07 Å². The van der Waals surface area contributed by atoms with E-state index in [-0.39, 0.29) is 6.10 Å². The van der Waals surface area contributed by atoms with Crippen LogP contribution in [0.25, 0.3) is 11.3 Å². The van der Waals surface area contributed by atoms with Crippen molar-refractivity contribution in [2.24, 2.45) is 0 Å². The predicted octanol–water partition coefficient (Wildman–Crippen LogP) is 5.25. The van der Waals surface area contributed by atoms with Gasteiger partial charge in [-0.1, -0.05) is 25.4 Å². The van der Waals surface area contributed by atoms with Crippen LogP contribution >= 0.6 is 27.5 Å². The highest BCUT2D eigenvalue weighted by Gasteiger charge is 2.16. The fraction of sp³-hybridized carbons (Fsp3) is 0.444. The van der Waals surface area contributed by atoms with E-state index in [9.17, 15) is 0 Å². The Hall–Kier alpha value is -1.37. The Labute approximate surface area is 162 Å². The van der Waals surface area contributed by atoms with Gasteiger partial charge in [-0.2, -0.15) is 0 Å². The van der Waals surface area contributed by atoms with Crippen molar-refractivity contribution in [3.63, 3.8) is 0 Å². The highest BCUT2D eigenvalue weighted by Crippen LogP contribution is 2.34. The normalized spacial score (nSPS) is 11.1. The fourth-order valence-corrected chi connectivity index (χ4v) is 3.18. The number of halogens is 2. The molecule has 7 heteroatoms. The van der Waals surface area contributed by atoms with Gasteiger partial charge in [-0.25, -0.2) is 9.97 Å². The van der Waals surface area contributed by atoms with Crippen molar-refractivity contribution in [2.75, 3.05) is 12.3 Å². The SMILES string of the molecule is CCOc1ccc(-c2nc(N)c(COC(CC)CC)nc2Br)c(Cl)c1. The monoisotopic (exact) mass is 427 g/mol. The van der Waals surface area contributed by atoms with Crippen LogP contribution in [0.5, 0.6) is 5.75 Å². The molecule has 2 N–H and O–H groups in total. The van der Waals surface area contributed by atoms with E-state index in [0.29, 0.717) is 45.8 Å². The summed E-state index contributed by atoms with van der Waals surface area (Å²) >= 11 is 9.84. The summed E-state index contributed by atoms with van der Waals surface area (Å²) in [7, 11) is 0. The summed E-state index contributed by atoms with van der Waals surface area (Å²) in [6.45, 7) is 7.03. The number of rotatable bonds is 8. The van der Waals surface area contributed by atoms with Gasteiger partial charge in [0.2, 0.25) is 0 Å². The number of benzene rings is 1. The maximum absolute atomic E-state index is 6.37. The van der Waals surface area contributed by atoms with Crippen LogP contribution in [0.15, 0.2) is 22.8 Å². The van der Waals surface area contributed by atoms with Gasteiger partial charge in [-0.15, -0.1) is 0 Å². The first kappa shape index (κ1) is 19.9. The van der Waals surface area contributed by atoms with Crippen molar-refractivity contribution in [3.05, 3.63) is 33.5 Å². The van der Waals surface area contributed by atoms with Crippen molar-refractivity contribution in [1.29, 1.82) is 0 Å². The summed E-state index contributed by atoms with van der Waals surface area (Å²) in [6.07, 6.45) is 2.09. The van der Waals surface area contributed by atoms with E-state index in [1.165, 1.54) is 0 Å². The van der Waals surface area contributed by atoms with Crippen LogP contribution in [0.3, 0.4) is 0 Å². The molecule has 5 nitrogen and oxygen atoms in total. The number of aromatic nitrogens is 2. The van der Waals surface area contributed by atoms with Gasteiger partial charge in [0.25, 0.3) is 0 Å². The second kappa shape index (κ2) is 9.36. The topological polar surface area (TPSA) is 70.3 Å². The van der Waals surface area contributed by atoms with Gasteiger partial charge in [0.1, 0.15) is 27.6 Å². The van der Waals surface area contributed by atoms with Gasteiger partial charge in [0.15, 0.2) is 0 Å². The van der Waals surface area contributed by atoms with Crippen LogP contribution in [-0.4, -0.2) is 22.7 Å². The molecule has 1 aromatic heterocycles. The lowest BCUT2D eigenvalue weighted by Crippen LogP contribution is -2.13. The zero-order valence-electron chi connectivity index (χ0n) is 14.7. The second-order valence-electron chi connectivity index (χ2n) is 5.52. The predicted molar refractivity (Wildman–Crippen MR) is 105 cm³/mol. The Morgan fingerprint density at radius 2 is 1.92 bits per heavy atom. The number of nitrogen functional groups attached to an aromatic ring is 1. The number of nitrogens with zero attached hydrogens (tertiary/aromatic N) is 2. The van der Waals surface area contributed by atoms with Gasteiger partial charge in [-0.3, -0.25) is 0 Å². The molecule has 1 aromatic carbocycles. The molecule has 136 valence electrons. The van der Waals surface area contributed by atoms with Crippen LogP contribution in [0, 0.1) is 0 Å². The van der Waals surface area contributed by atoms with Gasteiger partial charge >= 0.3 is 0 Å². The molecule has 0 aliphatic carbocycles. The van der Waals surface area contributed by atoms with E-state index >= 15 is 0 Å². The zero-order chi connectivity index (χ0) is 18.4. The average Bonchev–Trinajstić information content (AvgIpc) is 2.59. The molecule has 0 bridgehead atoms. The first-order valence-corrected chi connectivity index (χ1v) is 9.53. The van der Waals surface area contributed by atoms with E-state index in [2.05, 4.69) is 39.7 Å². The molecule has 2 aromatic rings. The maximum Gasteiger partial charge on any atom is 0.148 e. The first-order valence-electron chi connectivity index (χ1n) is 8.36. The minimum absolute atomic E-state index is 0.195. The molecule has 0 fully saturated rings. The van der Waals surface area contributed by atoms with Crippen LogP contribution in [-0.2, 0) is 11.3 Å². The summed E-state index contributed by atoms with van der Waals surface area (Å²) in [5, 5.41) is 0.529. The highest BCUT2D eigenvalue weighted by molar-refractivity contribution is 9.10. The minimum atomic E-state index is 0.195. The molecule has 2 rings (SSSR count). The second-order valence-corrected chi connectivity index (χ2v) is 6.68. The lowest BCUT2D eigenvalue weighted by atomic mass is 10.1. The van der Waals surface area contributed by atoms with Gasteiger partial charge in [0.05, 0.1) is 24.3 Å². The van der Waals surface area contributed by atoms with Crippen molar-refractivity contribution in [2.45, 2.75) is 46.3 Å².